The minimum Gasteiger partial charge on any atom is -0.457 e. The average molecular weight is 271 g/mol. The number of halogens is 4. The smallest absolute Gasteiger partial charge is 0.389 e. The summed E-state index contributed by atoms with van der Waals surface area (Å²) in [5.74, 6) is -0.581. The molecule has 1 aromatic heterocycles. The van der Waals surface area contributed by atoms with Crippen LogP contribution in [0.15, 0.2) is 21.4 Å². The van der Waals surface area contributed by atoms with Crippen LogP contribution in [0.4, 0.5) is 13.2 Å². The van der Waals surface area contributed by atoms with Crippen molar-refractivity contribution in [2.24, 2.45) is 0 Å². The third-order valence-electron chi connectivity index (χ3n) is 1.55. The monoisotopic (exact) mass is 270 g/mol. The van der Waals surface area contributed by atoms with Crippen LogP contribution in [0.1, 0.15) is 23.2 Å². The second kappa shape index (κ2) is 4.16. The Morgan fingerprint density at radius 3 is 2.57 bits per heavy atom. The summed E-state index contributed by atoms with van der Waals surface area (Å²) < 4.78 is 40.2. The van der Waals surface area contributed by atoms with Crippen molar-refractivity contribution in [1.82, 2.24) is 0 Å². The summed E-state index contributed by atoms with van der Waals surface area (Å²) in [7, 11) is 0. The van der Waals surface area contributed by atoms with Gasteiger partial charge in [0.05, 0.1) is 18.2 Å². The first-order chi connectivity index (χ1) is 6.40. The van der Waals surface area contributed by atoms with E-state index in [0.29, 0.717) is 0 Å². The van der Waals surface area contributed by atoms with Crippen LogP contribution in [0.25, 0.3) is 0 Å². The number of rotatable bonds is 3. The van der Waals surface area contributed by atoms with Crippen molar-refractivity contribution in [3.05, 3.63) is 22.6 Å². The zero-order valence-corrected chi connectivity index (χ0v) is 8.48. The number of hydrogen-bond acceptors (Lipinski definition) is 2. The lowest BCUT2D eigenvalue weighted by atomic mass is 10.1. The van der Waals surface area contributed by atoms with Crippen LogP contribution in [0, 0.1) is 0 Å². The molecule has 0 aliphatic carbocycles. The number of alkyl halides is 3. The van der Waals surface area contributed by atoms with Gasteiger partial charge < -0.3 is 4.42 Å². The van der Waals surface area contributed by atoms with Crippen molar-refractivity contribution in [1.29, 1.82) is 0 Å². The molecule has 0 radical (unpaired) electrons. The fourth-order valence-electron chi connectivity index (χ4n) is 0.883. The van der Waals surface area contributed by atoms with Crippen molar-refractivity contribution in [2.75, 3.05) is 0 Å². The van der Waals surface area contributed by atoms with E-state index in [1.54, 1.807) is 0 Å². The minimum absolute atomic E-state index is 0.147. The molecule has 78 valence electrons. The van der Waals surface area contributed by atoms with Gasteiger partial charge in [-0.25, -0.2) is 0 Å². The van der Waals surface area contributed by atoms with Gasteiger partial charge in [0.25, 0.3) is 0 Å². The summed E-state index contributed by atoms with van der Waals surface area (Å²) in [5, 5.41) is 0. The Balaban J connectivity index is 2.56. The first kappa shape index (κ1) is 11.3. The Morgan fingerprint density at radius 2 is 2.14 bits per heavy atom. The Hall–Kier alpha value is -0.780. The van der Waals surface area contributed by atoms with E-state index in [4.69, 9.17) is 4.42 Å². The fourth-order valence-corrected chi connectivity index (χ4v) is 1.34. The van der Waals surface area contributed by atoms with E-state index in [1.807, 2.05) is 0 Å². The van der Waals surface area contributed by atoms with E-state index >= 15 is 0 Å². The van der Waals surface area contributed by atoms with E-state index in [2.05, 4.69) is 15.9 Å². The average Bonchev–Trinajstić information content (AvgIpc) is 2.46. The van der Waals surface area contributed by atoms with Gasteiger partial charge in [-0.05, 0) is 22.0 Å². The van der Waals surface area contributed by atoms with Gasteiger partial charge in [0.1, 0.15) is 0 Å². The summed E-state index contributed by atoms with van der Waals surface area (Å²) in [6.07, 6.45) is -4.72. The van der Waals surface area contributed by atoms with Gasteiger partial charge in [0, 0.05) is 6.42 Å². The number of ketones is 1. The molecule has 1 heterocycles. The second-order valence-corrected chi connectivity index (χ2v) is 3.37. The quantitative estimate of drug-likeness (QED) is 0.786. The molecule has 6 heteroatoms. The summed E-state index contributed by atoms with van der Waals surface area (Å²) in [6, 6.07) is 1.34. The molecule has 0 fully saturated rings. The summed E-state index contributed by atoms with van der Waals surface area (Å²) >= 11 is 2.92. The maximum absolute atomic E-state index is 11.8. The van der Waals surface area contributed by atoms with Crippen LogP contribution in [0.5, 0.6) is 0 Å². The van der Waals surface area contributed by atoms with Crippen LogP contribution in [-0.2, 0) is 0 Å². The molecule has 0 N–H and O–H groups in total. The molecule has 2 nitrogen and oxygen atoms in total. The highest BCUT2D eigenvalue weighted by Gasteiger charge is 2.28. The van der Waals surface area contributed by atoms with Crippen LogP contribution in [0.3, 0.4) is 0 Å². The third kappa shape index (κ3) is 3.17. The van der Waals surface area contributed by atoms with E-state index in [0.717, 1.165) is 0 Å². The number of hydrogen-bond donors (Lipinski definition) is 0. The largest absolute Gasteiger partial charge is 0.457 e. The molecule has 0 spiro atoms. The predicted molar refractivity (Wildman–Crippen MR) is 46.0 cm³/mol. The summed E-state index contributed by atoms with van der Waals surface area (Å²) in [4.78, 5) is 11.2. The first-order valence-corrected chi connectivity index (χ1v) is 4.52. The lowest BCUT2D eigenvalue weighted by molar-refractivity contribution is -0.133. The van der Waals surface area contributed by atoms with Gasteiger partial charge in [-0.3, -0.25) is 4.79 Å². The van der Waals surface area contributed by atoms with Crippen molar-refractivity contribution in [3.63, 3.8) is 0 Å². The van der Waals surface area contributed by atoms with Crippen LogP contribution in [-0.4, -0.2) is 12.0 Å². The zero-order valence-electron chi connectivity index (χ0n) is 6.90. The molecule has 1 aromatic rings. The maximum atomic E-state index is 11.8. The molecule has 0 aromatic carbocycles. The molecule has 0 saturated carbocycles. The molecular formula is C8H6BrF3O2. The summed E-state index contributed by atoms with van der Waals surface area (Å²) in [5.41, 5.74) is 0.147. The predicted octanol–water partition coefficient (Wildman–Crippen LogP) is 3.57. The van der Waals surface area contributed by atoms with Gasteiger partial charge in [0.2, 0.25) is 0 Å². The molecule has 0 aliphatic heterocycles. The van der Waals surface area contributed by atoms with Gasteiger partial charge >= 0.3 is 6.18 Å². The van der Waals surface area contributed by atoms with E-state index in [1.165, 1.54) is 12.3 Å². The van der Waals surface area contributed by atoms with Gasteiger partial charge in [0.15, 0.2) is 10.5 Å². The molecular weight excluding hydrogens is 265 g/mol. The van der Waals surface area contributed by atoms with Crippen LogP contribution in [0.2, 0.25) is 0 Å². The molecule has 0 saturated heterocycles. The minimum atomic E-state index is -4.30. The van der Waals surface area contributed by atoms with Gasteiger partial charge in [-0.1, -0.05) is 0 Å². The molecule has 14 heavy (non-hydrogen) atoms. The molecule has 0 atom stereocenters. The van der Waals surface area contributed by atoms with Crippen molar-refractivity contribution >= 4 is 21.7 Å². The highest BCUT2D eigenvalue weighted by Crippen LogP contribution is 2.25. The molecule has 1 rings (SSSR count). The van der Waals surface area contributed by atoms with Crippen LogP contribution >= 0.6 is 15.9 Å². The summed E-state index contributed by atoms with van der Waals surface area (Å²) in [6.45, 7) is 0. The van der Waals surface area contributed by atoms with E-state index in [9.17, 15) is 18.0 Å². The Bertz CT molecular complexity index is 330. The van der Waals surface area contributed by atoms with Gasteiger partial charge in [-0.2, -0.15) is 13.2 Å². The van der Waals surface area contributed by atoms with Crippen molar-refractivity contribution < 1.29 is 22.4 Å². The van der Waals surface area contributed by atoms with Crippen molar-refractivity contribution in [3.8, 4) is 0 Å². The van der Waals surface area contributed by atoms with E-state index < -0.39 is 24.8 Å². The number of furan rings is 1. The number of carbonyl (C=O) groups is 1. The normalized spacial score (nSPS) is 11.7. The maximum Gasteiger partial charge on any atom is 0.389 e. The zero-order chi connectivity index (χ0) is 10.8. The van der Waals surface area contributed by atoms with Crippen LogP contribution < -0.4 is 0 Å². The highest BCUT2D eigenvalue weighted by molar-refractivity contribution is 9.10. The van der Waals surface area contributed by atoms with Crippen molar-refractivity contribution in [2.45, 2.75) is 19.0 Å². The Kier molecular flexibility index (Phi) is 3.36. The number of Topliss-reactive ketones (excluding diaryl/α,β-unsaturated/α-hetero) is 1. The SMILES string of the molecule is O=C(CCC(F)(F)F)c1ccoc1Br. The number of carbonyl (C=O) groups excluding carboxylic acids is 1. The van der Waals surface area contributed by atoms with E-state index in [-0.39, 0.29) is 10.2 Å². The molecule has 0 bridgehead atoms. The third-order valence-corrected chi connectivity index (χ3v) is 2.17. The highest BCUT2D eigenvalue weighted by atomic mass is 79.9. The molecule has 0 amide bonds. The van der Waals surface area contributed by atoms with Gasteiger partial charge in [-0.15, -0.1) is 0 Å². The molecule has 0 unspecified atom stereocenters. The second-order valence-electron chi connectivity index (χ2n) is 2.65. The standard InChI is InChI=1S/C8H6BrF3O2/c9-7-5(2-4-14-7)6(13)1-3-8(10,11)12/h2,4H,1,3H2. The fraction of sp³-hybridized carbons (Fsp3) is 0.375. The lowest BCUT2D eigenvalue weighted by Crippen LogP contribution is -2.10. The lowest BCUT2D eigenvalue weighted by Gasteiger charge is -2.03. The Labute approximate surface area is 86.2 Å². The first-order valence-electron chi connectivity index (χ1n) is 3.73. The molecule has 0 aliphatic rings. The topological polar surface area (TPSA) is 30.2 Å². The Morgan fingerprint density at radius 1 is 1.50 bits per heavy atom.